The quantitative estimate of drug-likeness (QED) is 0.206. The molecular formula is C16H30N4O8. The standard InChI is InChI=1S/C16H30N4O8/c1-17(5-7-19(9-13(21)22)10-14(23)24)3-4-18(2)6-8-20(11-15(25)26)12-16(27)28/h3-12H2,1-2H3,(H,21,22)(H,23,24)(H,25,26)(H,27,28). The summed E-state index contributed by atoms with van der Waals surface area (Å²) in [5.41, 5.74) is 0. The Labute approximate surface area is 163 Å². The molecule has 28 heavy (non-hydrogen) atoms. The van der Waals surface area contributed by atoms with Crippen LogP contribution in [0.3, 0.4) is 0 Å². The smallest absolute Gasteiger partial charge is 0.317 e. The summed E-state index contributed by atoms with van der Waals surface area (Å²) < 4.78 is 0. The molecule has 0 radical (unpaired) electrons. The molecule has 0 rings (SSSR count). The van der Waals surface area contributed by atoms with E-state index in [-0.39, 0.29) is 26.2 Å². The number of hydrogen-bond donors (Lipinski definition) is 4. The van der Waals surface area contributed by atoms with Gasteiger partial charge in [0.15, 0.2) is 0 Å². The summed E-state index contributed by atoms with van der Waals surface area (Å²) in [6.45, 7) is 1.44. The van der Waals surface area contributed by atoms with E-state index >= 15 is 0 Å². The summed E-state index contributed by atoms with van der Waals surface area (Å²) >= 11 is 0. The predicted octanol–water partition coefficient (Wildman–Crippen LogP) is -2.21. The van der Waals surface area contributed by atoms with Crippen LogP contribution in [-0.4, -0.2) is 143 Å². The van der Waals surface area contributed by atoms with Gasteiger partial charge < -0.3 is 30.2 Å². The first kappa shape index (κ1) is 25.7. The number of carboxylic acids is 4. The van der Waals surface area contributed by atoms with E-state index in [9.17, 15) is 19.2 Å². The lowest BCUT2D eigenvalue weighted by atomic mass is 10.4. The summed E-state index contributed by atoms with van der Waals surface area (Å²) in [5.74, 6) is -4.35. The Morgan fingerprint density at radius 1 is 0.500 bits per heavy atom. The molecule has 0 amide bonds. The van der Waals surface area contributed by atoms with Crippen molar-refractivity contribution in [2.45, 2.75) is 0 Å². The molecule has 0 bridgehead atoms. The normalized spacial score (nSPS) is 11.5. The fourth-order valence-electron chi connectivity index (χ4n) is 2.38. The Balaban J connectivity index is 4.25. The largest absolute Gasteiger partial charge is 0.480 e. The van der Waals surface area contributed by atoms with Gasteiger partial charge in [0.25, 0.3) is 0 Å². The van der Waals surface area contributed by atoms with Gasteiger partial charge in [0, 0.05) is 39.3 Å². The van der Waals surface area contributed by atoms with Crippen LogP contribution in [0.2, 0.25) is 0 Å². The van der Waals surface area contributed by atoms with Crippen molar-refractivity contribution in [3.05, 3.63) is 0 Å². The second kappa shape index (κ2) is 13.8. The van der Waals surface area contributed by atoms with Gasteiger partial charge >= 0.3 is 23.9 Å². The molecule has 0 aromatic heterocycles. The van der Waals surface area contributed by atoms with E-state index < -0.39 is 23.9 Å². The minimum absolute atomic E-state index is 0.295. The van der Waals surface area contributed by atoms with E-state index in [1.165, 1.54) is 9.80 Å². The van der Waals surface area contributed by atoms with Crippen molar-refractivity contribution in [2.75, 3.05) is 79.5 Å². The molecule has 0 atom stereocenters. The second-order valence-corrected chi connectivity index (χ2v) is 6.60. The molecule has 0 fully saturated rings. The molecule has 4 N–H and O–H groups in total. The number of nitrogens with zero attached hydrogens (tertiary/aromatic N) is 4. The average Bonchev–Trinajstić information content (AvgIpc) is 2.53. The first-order chi connectivity index (χ1) is 13.0. The molecule has 0 spiro atoms. The number of hydrogen-bond acceptors (Lipinski definition) is 8. The molecular weight excluding hydrogens is 376 g/mol. The van der Waals surface area contributed by atoms with Gasteiger partial charge in [-0.15, -0.1) is 0 Å². The first-order valence-electron chi connectivity index (χ1n) is 8.68. The molecule has 0 aliphatic rings. The third kappa shape index (κ3) is 14.8. The van der Waals surface area contributed by atoms with Gasteiger partial charge in [-0.25, -0.2) is 0 Å². The Kier molecular flexibility index (Phi) is 12.7. The summed E-state index contributed by atoms with van der Waals surface area (Å²) in [6, 6.07) is 0. The molecule has 12 nitrogen and oxygen atoms in total. The van der Waals surface area contributed by atoms with E-state index in [0.29, 0.717) is 39.3 Å². The zero-order chi connectivity index (χ0) is 21.7. The highest BCUT2D eigenvalue weighted by molar-refractivity contribution is 5.73. The number of aliphatic carboxylic acids is 4. The molecule has 0 aromatic rings. The third-order valence-electron chi connectivity index (χ3n) is 3.89. The van der Waals surface area contributed by atoms with Gasteiger partial charge in [-0.05, 0) is 14.1 Å². The van der Waals surface area contributed by atoms with E-state index in [1.54, 1.807) is 0 Å². The van der Waals surface area contributed by atoms with Crippen LogP contribution in [0.1, 0.15) is 0 Å². The zero-order valence-corrected chi connectivity index (χ0v) is 16.3. The molecule has 162 valence electrons. The van der Waals surface area contributed by atoms with Crippen molar-refractivity contribution in [1.82, 2.24) is 19.6 Å². The molecule has 0 heterocycles. The summed E-state index contributed by atoms with van der Waals surface area (Å²) in [4.78, 5) is 49.6. The van der Waals surface area contributed by atoms with Crippen LogP contribution in [0.4, 0.5) is 0 Å². The van der Waals surface area contributed by atoms with Crippen molar-refractivity contribution >= 4 is 23.9 Å². The van der Waals surface area contributed by atoms with Crippen LogP contribution in [0.5, 0.6) is 0 Å². The van der Waals surface area contributed by atoms with Gasteiger partial charge in [0.2, 0.25) is 0 Å². The topological polar surface area (TPSA) is 162 Å². The average molecular weight is 406 g/mol. The maximum atomic E-state index is 10.8. The number of carboxylic acid groups (broad SMARTS) is 4. The minimum atomic E-state index is -1.09. The fraction of sp³-hybridized carbons (Fsp3) is 0.750. The van der Waals surface area contributed by atoms with Crippen LogP contribution in [0.25, 0.3) is 0 Å². The lowest BCUT2D eigenvalue weighted by Gasteiger charge is -2.26. The highest BCUT2D eigenvalue weighted by atomic mass is 16.4. The number of rotatable bonds is 17. The van der Waals surface area contributed by atoms with Crippen LogP contribution >= 0.6 is 0 Å². The zero-order valence-electron chi connectivity index (χ0n) is 16.3. The van der Waals surface area contributed by atoms with Crippen molar-refractivity contribution in [2.24, 2.45) is 0 Å². The predicted molar refractivity (Wildman–Crippen MR) is 98.4 cm³/mol. The lowest BCUT2D eigenvalue weighted by Crippen LogP contribution is -2.42. The van der Waals surface area contributed by atoms with Crippen LogP contribution in [0.15, 0.2) is 0 Å². The van der Waals surface area contributed by atoms with Crippen LogP contribution in [-0.2, 0) is 19.2 Å². The fourth-order valence-corrected chi connectivity index (χ4v) is 2.38. The highest BCUT2D eigenvalue weighted by Gasteiger charge is 2.15. The Morgan fingerprint density at radius 2 is 0.714 bits per heavy atom. The van der Waals surface area contributed by atoms with E-state index in [0.717, 1.165) is 0 Å². The Morgan fingerprint density at radius 3 is 0.929 bits per heavy atom. The van der Waals surface area contributed by atoms with Gasteiger partial charge in [0.05, 0.1) is 26.2 Å². The minimum Gasteiger partial charge on any atom is -0.480 e. The summed E-state index contributed by atoms with van der Waals surface area (Å²) in [5, 5.41) is 35.3. The van der Waals surface area contributed by atoms with Crippen molar-refractivity contribution in [3.63, 3.8) is 0 Å². The monoisotopic (exact) mass is 406 g/mol. The number of carbonyl (C=O) groups is 4. The van der Waals surface area contributed by atoms with Gasteiger partial charge in [-0.2, -0.15) is 0 Å². The van der Waals surface area contributed by atoms with Crippen molar-refractivity contribution < 1.29 is 39.6 Å². The van der Waals surface area contributed by atoms with Gasteiger partial charge in [-0.3, -0.25) is 29.0 Å². The third-order valence-corrected chi connectivity index (χ3v) is 3.89. The maximum absolute atomic E-state index is 10.8. The summed E-state index contributed by atoms with van der Waals surface area (Å²) in [7, 11) is 3.66. The molecule has 0 aliphatic heterocycles. The summed E-state index contributed by atoms with van der Waals surface area (Å²) in [6.07, 6.45) is 0. The molecule has 0 aromatic carbocycles. The van der Waals surface area contributed by atoms with Crippen LogP contribution in [0, 0.1) is 0 Å². The van der Waals surface area contributed by atoms with E-state index in [2.05, 4.69) is 0 Å². The molecule has 0 aliphatic carbocycles. The van der Waals surface area contributed by atoms with E-state index in [4.69, 9.17) is 20.4 Å². The molecule has 0 unspecified atom stereocenters. The molecule has 0 saturated carbocycles. The van der Waals surface area contributed by atoms with E-state index in [1.807, 2.05) is 23.9 Å². The maximum Gasteiger partial charge on any atom is 0.317 e. The molecule has 0 saturated heterocycles. The molecule has 12 heteroatoms. The highest BCUT2D eigenvalue weighted by Crippen LogP contribution is 1.94. The Hall–Kier alpha value is -2.28. The van der Waals surface area contributed by atoms with Gasteiger partial charge in [0.1, 0.15) is 0 Å². The lowest BCUT2D eigenvalue weighted by molar-refractivity contribution is -0.143. The van der Waals surface area contributed by atoms with Crippen molar-refractivity contribution in [1.29, 1.82) is 0 Å². The first-order valence-corrected chi connectivity index (χ1v) is 8.68. The SMILES string of the molecule is CN(CCN(C)CCN(CC(=O)O)CC(=O)O)CCN(CC(=O)O)CC(=O)O. The number of likely N-dealkylation sites (N-methyl/N-ethyl adjacent to an activating group) is 2. The van der Waals surface area contributed by atoms with Gasteiger partial charge in [-0.1, -0.05) is 0 Å². The second-order valence-electron chi connectivity index (χ2n) is 6.60. The van der Waals surface area contributed by atoms with Crippen molar-refractivity contribution in [3.8, 4) is 0 Å². The Bertz CT molecular complexity index is 453. The van der Waals surface area contributed by atoms with Crippen LogP contribution < -0.4 is 0 Å².